The van der Waals surface area contributed by atoms with E-state index in [0.29, 0.717) is 6.61 Å². The van der Waals surface area contributed by atoms with Crippen molar-refractivity contribution in [2.75, 3.05) is 31.1 Å². The van der Waals surface area contributed by atoms with Crippen LogP contribution in [-0.4, -0.2) is 43.6 Å². The van der Waals surface area contributed by atoms with Crippen molar-refractivity contribution >= 4 is 23.6 Å². The third kappa shape index (κ3) is 4.60. The molecular weight excluding hydrogens is 336 g/mol. The molecule has 1 heterocycles. The third-order valence-electron chi connectivity index (χ3n) is 4.57. The average Bonchev–Trinajstić information content (AvgIpc) is 2.66. The van der Waals surface area contributed by atoms with Gasteiger partial charge in [-0.2, -0.15) is 0 Å². The van der Waals surface area contributed by atoms with Gasteiger partial charge in [-0.3, -0.25) is 9.69 Å². The highest BCUT2D eigenvalue weighted by Gasteiger charge is 2.24. The second-order valence-corrected chi connectivity index (χ2v) is 6.71. The molecule has 1 unspecified atom stereocenters. The fraction of sp³-hybridized carbons (Fsp3) is 0.350. The monoisotopic (exact) mass is 358 g/mol. The molecule has 0 aromatic heterocycles. The molecule has 0 amide bonds. The summed E-state index contributed by atoms with van der Waals surface area (Å²) in [5.41, 5.74) is 3.45. The summed E-state index contributed by atoms with van der Waals surface area (Å²) in [5, 5.41) is 0.750. The van der Waals surface area contributed by atoms with Crippen LogP contribution in [0.1, 0.15) is 11.1 Å². The summed E-state index contributed by atoms with van der Waals surface area (Å²) in [6, 6.07) is 15.9. The molecule has 0 spiro atoms. The highest BCUT2D eigenvalue weighted by atomic mass is 35.5. The lowest BCUT2D eigenvalue weighted by Gasteiger charge is -2.38. The van der Waals surface area contributed by atoms with Crippen molar-refractivity contribution in [3.63, 3.8) is 0 Å². The van der Waals surface area contributed by atoms with Gasteiger partial charge in [-0.25, -0.2) is 0 Å². The first-order valence-electron chi connectivity index (χ1n) is 8.53. The molecule has 25 heavy (non-hydrogen) atoms. The van der Waals surface area contributed by atoms with E-state index in [1.807, 2.05) is 48.5 Å². The third-order valence-corrected chi connectivity index (χ3v) is 4.80. The topological polar surface area (TPSA) is 32.8 Å². The fourth-order valence-electron chi connectivity index (χ4n) is 3.13. The van der Waals surface area contributed by atoms with Crippen molar-refractivity contribution < 1.29 is 9.53 Å². The molecule has 0 saturated carbocycles. The van der Waals surface area contributed by atoms with E-state index in [2.05, 4.69) is 16.7 Å². The number of hydrogen-bond donors (Lipinski definition) is 0. The average molecular weight is 359 g/mol. The van der Waals surface area contributed by atoms with Gasteiger partial charge >= 0.3 is 0 Å². The summed E-state index contributed by atoms with van der Waals surface area (Å²) in [4.78, 5) is 15.9. The number of halogens is 1. The van der Waals surface area contributed by atoms with Crippen LogP contribution < -0.4 is 4.90 Å². The molecule has 1 atom stereocenters. The minimum Gasteiger partial charge on any atom is -0.369 e. The lowest BCUT2D eigenvalue weighted by molar-refractivity contribution is -0.133. The first kappa shape index (κ1) is 17.9. The molecule has 0 radical (unpaired) electrons. The molecule has 1 fully saturated rings. The van der Waals surface area contributed by atoms with Gasteiger partial charge in [0.25, 0.3) is 0 Å². The van der Waals surface area contributed by atoms with Crippen LogP contribution in [-0.2, 0) is 16.1 Å². The summed E-state index contributed by atoms with van der Waals surface area (Å²) < 4.78 is 5.82. The molecule has 0 N–H and O–H groups in total. The van der Waals surface area contributed by atoms with E-state index in [0.717, 1.165) is 43.1 Å². The predicted molar refractivity (Wildman–Crippen MR) is 101 cm³/mol. The van der Waals surface area contributed by atoms with Crippen LogP contribution in [0.5, 0.6) is 0 Å². The van der Waals surface area contributed by atoms with Crippen LogP contribution in [0.4, 0.5) is 5.69 Å². The Labute approximate surface area is 154 Å². The second kappa shape index (κ2) is 8.48. The SMILES string of the molecule is Cc1ccc(Cl)cc1N1CCN(C(C=O)OCc2ccccc2)CC1. The van der Waals surface area contributed by atoms with Gasteiger partial charge in [0.1, 0.15) is 0 Å². The van der Waals surface area contributed by atoms with Crippen molar-refractivity contribution in [3.8, 4) is 0 Å². The van der Waals surface area contributed by atoms with E-state index in [4.69, 9.17) is 16.3 Å². The van der Waals surface area contributed by atoms with E-state index in [1.165, 1.54) is 11.3 Å². The number of aldehydes is 1. The summed E-state index contributed by atoms with van der Waals surface area (Å²) in [7, 11) is 0. The lowest BCUT2D eigenvalue weighted by atomic mass is 10.1. The maximum absolute atomic E-state index is 11.5. The van der Waals surface area contributed by atoms with Crippen molar-refractivity contribution in [1.82, 2.24) is 4.90 Å². The zero-order valence-corrected chi connectivity index (χ0v) is 15.2. The molecule has 1 aliphatic heterocycles. The maximum Gasteiger partial charge on any atom is 0.167 e. The number of benzene rings is 2. The zero-order valence-electron chi connectivity index (χ0n) is 14.4. The van der Waals surface area contributed by atoms with Gasteiger partial charge in [-0.1, -0.05) is 48.0 Å². The van der Waals surface area contributed by atoms with Crippen molar-refractivity contribution in [3.05, 3.63) is 64.7 Å². The molecule has 2 aromatic rings. The van der Waals surface area contributed by atoms with E-state index in [1.54, 1.807) is 0 Å². The Kier molecular flexibility index (Phi) is 6.08. The molecule has 0 bridgehead atoms. The summed E-state index contributed by atoms with van der Waals surface area (Å²) >= 11 is 6.13. The highest BCUT2D eigenvalue weighted by molar-refractivity contribution is 6.30. The molecule has 2 aromatic carbocycles. The number of carbonyl (C=O) groups is 1. The van der Waals surface area contributed by atoms with Crippen LogP contribution >= 0.6 is 11.6 Å². The maximum atomic E-state index is 11.5. The predicted octanol–water partition coefficient (Wildman–Crippen LogP) is 3.51. The second-order valence-electron chi connectivity index (χ2n) is 6.28. The quantitative estimate of drug-likeness (QED) is 0.740. The largest absolute Gasteiger partial charge is 0.369 e. The lowest BCUT2D eigenvalue weighted by Crippen LogP contribution is -2.51. The number of piperazine rings is 1. The van der Waals surface area contributed by atoms with E-state index in [-0.39, 0.29) is 0 Å². The fourth-order valence-corrected chi connectivity index (χ4v) is 3.29. The molecule has 4 nitrogen and oxygen atoms in total. The van der Waals surface area contributed by atoms with Gasteiger partial charge in [-0.15, -0.1) is 0 Å². The number of anilines is 1. The van der Waals surface area contributed by atoms with Gasteiger partial charge in [0, 0.05) is 36.9 Å². The zero-order chi connectivity index (χ0) is 17.6. The summed E-state index contributed by atoms with van der Waals surface area (Å²) in [6.07, 6.45) is 0.395. The number of rotatable bonds is 6. The minimum absolute atomic E-state index is 0.442. The molecule has 1 saturated heterocycles. The van der Waals surface area contributed by atoms with Gasteiger partial charge in [0.15, 0.2) is 12.5 Å². The molecular formula is C20H23ClN2O2. The van der Waals surface area contributed by atoms with Crippen molar-refractivity contribution in [1.29, 1.82) is 0 Å². The molecule has 3 rings (SSSR count). The molecule has 5 heteroatoms. The van der Waals surface area contributed by atoms with Crippen LogP contribution in [0.2, 0.25) is 5.02 Å². The van der Waals surface area contributed by atoms with Crippen molar-refractivity contribution in [2.24, 2.45) is 0 Å². The number of ether oxygens (including phenoxy) is 1. The standard InChI is InChI=1S/C20H23ClN2O2/c1-16-7-8-18(21)13-19(16)22-9-11-23(12-10-22)20(14-24)25-15-17-5-3-2-4-6-17/h2-8,13-14,20H,9-12,15H2,1H3. The summed E-state index contributed by atoms with van der Waals surface area (Å²) in [6.45, 7) is 5.79. The Morgan fingerprint density at radius 2 is 1.84 bits per heavy atom. The van der Waals surface area contributed by atoms with Crippen LogP contribution in [0.3, 0.4) is 0 Å². The van der Waals surface area contributed by atoms with Gasteiger partial charge in [0.05, 0.1) is 6.61 Å². The number of nitrogens with zero attached hydrogens (tertiary/aromatic N) is 2. The normalized spacial score (nSPS) is 16.6. The first-order chi connectivity index (χ1) is 12.2. The Morgan fingerprint density at radius 1 is 1.12 bits per heavy atom. The van der Waals surface area contributed by atoms with Crippen LogP contribution in [0, 0.1) is 6.92 Å². The van der Waals surface area contributed by atoms with E-state index in [9.17, 15) is 4.79 Å². The minimum atomic E-state index is -0.497. The first-order valence-corrected chi connectivity index (χ1v) is 8.91. The molecule has 132 valence electrons. The van der Waals surface area contributed by atoms with Crippen LogP contribution in [0.25, 0.3) is 0 Å². The van der Waals surface area contributed by atoms with Crippen LogP contribution in [0.15, 0.2) is 48.5 Å². The van der Waals surface area contributed by atoms with Gasteiger partial charge < -0.3 is 9.64 Å². The smallest absolute Gasteiger partial charge is 0.167 e. The Hall–Kier alpha value is -1.88. The summed E-state index contributed by atoms with van der Waals surface area (Å²) in [5.74, 6) is 0. The van der Waals surface area contributed by atoms with E-state index >= 15 is 0 Å². The van der Waals surface area contributed by atoms with Crippen molar-refractivity contribution in [2.45, 2.75) is 19.8 Å². The number of hydrogen-bond acceptors (Lipinski definition) is 4. The Bertz CT molecular complexity index is 700. The Morgan fingerprint density at radius 3 is 2.52 bits per heavy atom. The molecule has 1 aliphatic rings. The van der Waals surface area contributed by atoms with Gasteiger partial charge in [0.2, 0.25) is 0 Å². The van der Waals surface area contributed by atoms with Gasteiger partial charge in [-0.05, 0) is 30.2 Å². The highest BCUT2D eigenvalue weighted by Crippen LogP contribution is 2.25. The number of carbonyl (C=O) groups excluding carboxylic acids is 1. The Balaban J connectivity index is 1.56. The molecule has 0 aliphatic carbocycles. The van der Waals surface area contributed by atoms with E-state index < -0.39 is 6.23 Å². The number of aryl methyl sites for hydroxylation is 1.